The number of aliphatic hydroxyl groups excluding tert-OH is 1. The van der Waals surface area contributed by atoms with Gasteiger partial charge in [0.2, 0.25) is 0 Å². The summed E-state index contributed by atoms with van der Waals surface area (Å²) < 4.78 is 8.31. The minimum absolute atomic E-state index is 0.0871. The molecule has 2 atom stereocenters. The van der Waals surface area contributed by atoms with Crippen LogP contribution < -0.4 is 10.5 Å². The predicted octanol–water partition coefficient (Wildman–Crippen LogP) is 2.11. The number of benzene rings is 1. The van der Waals surface area contributed by atoms with Crippen molar-refractivity contribution in [2.45, 2.75) is 45.5 Å². The molecular weight excluding hydrogens is 468 g/mol. The van der Waals surface area contributed by atoms with Crippen molar-refractivity contribution < 1.29 is 9.84 Å². The zero-order valence-corrected chi connectivity index (χ0v) is 20.8. The summed E-state index contributed by atoms with van der Waals surface area (Å²) in [6.45, 7) is 9.83. The molecule has 4 heterocycles. The molecule has 184 valence electrons. The number of β-amino-alcohol motifs (C(OH)–C–C–N with tert-alkyl or cyclic N) is 1. The minimum Gasteiger partial charge on any atom is -0.489 e. The topological polar surface area (TPSA) is 129 Å². The molecule has 1 saturated heterocycles. The fraction of sp³-hybridized carbons (Fsp3) is 0.500. The van der Waals surface area contributed by atoms with E-state index in [1.54, 1.807) is 0 Å². The molecule has 1 unspecified atom stereocenters. The van der Waals surface area contributed by atoms with Gasteiger partial charge in [0.15, 0.2) is 5.65 Å². The Bertz CT molecular complexity index is 1310. The van der Waals surface area contributed by atoms with Crippen LogP contribution in [0.1, 0.15) is 42.3 Å². The van der Waals surface area contributed by atoms with E-state index in [0.717, 1.165) is 41.8 Å². The molecule has 0 saturated carbocycles. The number of hydrogen-bond donors (Lipinski definition) is 2. The molecule has 0 aliphatic carbocycles. The van der Waals surface area contributed by atoms with Crippen LogP contribution in [0.25, 0.3) is 11.0 Å². The van der Waals surface area contributed by atoms with Gasteiger partial charge in [0, 0.05) is 49.9 Å². The average molecular weight is 497 g/mol. The second-order valence-electron chi connectivity index (χ2n) is 9.40. The van der Waals surface area contributed by atoms with E-state index in [1.165, 1.54) is 6.33 Å². The van der Waals surface area contributed by atoms with Gasteiger partial charge in [-0.1, -0.05) is 11.6 Å². The Hall–Kier alpha value is -2.97. The van der Waals surface area contributed by atoms with Crippen molar-refractivity contribution in [1.82, 2.24) is 29.5 Å². The molecule has 5 rings (SSSR count). The number of hydrogen-bond acceptors (Lipinski definition) is 9. The van der Waals surface area contributed by atoms with E-state index in [-0.39, 0.29) is 18.8 Å². The highest BCUT2D eigenvalue weighted by Gasteiger charge is 2.36. The molecule has 2 aliphatic rings. The lowest BCUT2D eigenvalue weighted by molar-refractivity contribution is 0.00866. The number of anilines is 1. The number of likely N-dealkylation sites (tertiary alicyclic amines) is 1. The van der Waals surface area contributed by atoms with Gasteiger partial charge in [-0.05, 0) is 26.8 Å². The van der Waals surface area contributed by atoms with Gasteiger partial charge in [0.05, 0.1) is 34.3 Å². The molecule has 2 aliphatic heterocycles. The average Bonchev–Trinajstić information content (AvgIpc) is 3.04. The third-order valence-corrected chi connectivity index (χ3v) is 7.32. The quantitative estimate of drug-likeness (QED) is 0.545. The van der Waals surface area contributed by atoms with Crippen molar-refractivity contribution in [3.63, 3.8) is 0 Å². The van der Waals surface area contributed by atoms with Crippen molar-refractivity contribution in [3.8, 4) is 11.8 Å². The highest BCUT2D eigenvalue weighted by Crippen LogP contribution is 2.41. The first-order valence-corrected chi connectivity index (χ1v) is 12.1. The smallest absolute Gasteiger partial charge is 0.164 e. The Kier molecular flexibility index (Phi) is 6.27. The molecule has 1 aromatic carbocycles. The molecule has 3 N–H and O–H groups in total. The van der Waals surface area contributed by atoms with Crippen LogP contribution in [-0.4, -0.2) is 79.6 Å². The van der Waals surface area contributed by atoms with Gasteiger partial charge >= 0.3 is 0 Å². The number of aryl methyl sites for hydroxylation is 1. The van der Waals surface area contributed by atoms with E-state index < -0.39 is 0 Å². The maximum Gasteiger partial charge on any atom is 0.164 e. The number of nitriles is 1. The first kappa shape index (κ1) is 23.8. The zero-order chi connectivity index (χ0) is 24.9. The number of nitrogens with zero attached hydrogens (tertiary/aromatic N) is 7. The number of ether oxygens (including phenoxy) is 1. The number of aliphatic hydroxyl groups is 1. The lowest BCUT2D eigenvalue weighted by Crippen LogP contribution is -2.60. The number of aromatic nitrogens is 4. The highest BCUT2D eigenvalue weighted by molar-refractivity contribution is 6.32. The van der Waals surface area contributed by atoms with Gasteiger partial charge in [0.25, 0.3) is 0 Å². The Balaban J connectivity index is 1.58. The summed E-state index contributed by atoms with van der Waals surface area (Å²) in [6.07, 6.45) is 1.35. The summed E-state index contributed by atoms with van der Waals surface area (Å²) in [7, 11) is 0. The fourth-order valence-corrected chi connectivity index (χ4v) is 5.48. The van der Waals surface area contributed by atoms with Crippen LogP contribution in [0.15, 0.2) is 12.4 Å². The second-order valence-corrected chi connectivity index (χ2v) is 9.81. The van der Waals surface area contributed by atoms with E-state index in [0.29, 0.717) is 46.9 Å². The summed E-state index contributed by atoms with van der Waals surface area (Å²) >= 11 is 6.67. The van der Waals surface area contributed by atoms with Gasteiger partial charge in [-0.2, -0.15) is 10.4 Å². The molecule has 0 spiro atoms. The molecule has 3 aromatic rings. The van der Waals surface area contributed by atoms with Crippen LogP contribution in [-0.2, 0) is 6.54 Å². The lowest BCUT2D eigenvalue weighted by atomic mass is 9.97. The van der Waals surface area contributed by atoms with Gasteiger partial charge in [-0.3, -0.25) is 9.80 Å². The lowest BCUT2D eigenvalue weighted by Gasteiger charge is -2.45. The van der Waals surface area contributed by atoms with E-state index in [4.69, 9.17) is 27.2 Å². The normalized spacial score (nSPS) is 20.1. The molecule has 11 heteroatoms. The van der Waals surface area contributed by atoms with Crippen molar-refractivity contribution in [3.05, 3.63) is 39.8 Å². The Morgan fingerprint density at radius 1 is 1.34 bits per heavy atom. The Morgan fingerprint density at radius 2 is 2.11 bits per heavy atom. The molecule has 35 heavy (non-hydrogen) atoms. The van der Waals surface area contributed by atoms with Crippen LogP contribution in [0.5, 0.6) is 5.75 Å². The first-order chi connectivity index (χ1) is 16.8. The number of fused-ring (bicyclic) bond motifs is 2. The number of nitrogens with two attached hydrogens (primary N) is 1. The minimum atomic E-state index is -0.276. The van der Waals surface area contributed by atoms with E-state index in [1.807, 2.05) is 31.5 Å². The largest absolute Gasteiger partial charge is 0.489 e. The molecular formula is C24H29ClN8O2. The molecule has 0 bridgehead atoms. The summed E-state index contributed by atoms with van der Waals surface area (Å²) in [4.78, 5) is 13.1. The van der Waals surface area contributed by atoms with Gasteiger partial charge in [-0.15, -0.1) is 0 Å². The first-order valence-electron chi connectivity index (χ1n) is 11.8. The SMILES string of the molecule is Cc1nn(C(C)c2cc(Cl)c(C#N)c3c2O[C@H](C)CN(C2CN(CCO)C2)C3)c2ncnc(N)c12. The van der Waals surface area contributed by atoms with Gasteiger partial charge < -0.3 is 15.6 Å². The Labute approximate surface area is 208 Å². The van der Waals surface area contributed by atoms with Crippen molar-refractivity contribution in [2.24, 2.45) is 0 Å². The monoisotopic (exact) mass is 496 g/mol. The highest BCUT2D eigenvalue weighted by atomic mass is 35.5. The summed E-state index contributed by atoms with van der Waals surface area (Å²) in [6, 6.07) is 4.17. The number of halogens is 1. The molecule has 2 aromatic heterocycles. The second kappa shape index (κ2) is 9.24. The maximum absolute atomic E-state index is 9.97. The zero-order valence-electron chi connectivity index (χ0n) is 20.1. The fourth-order valence-electron chi connectivity index (χ4n) is 5.21. The predicted molar refractivity (Wildman–Crippen MR) is 132 cm³/mol. The van der Waals surface area contributed by atoms with E-state index in [2.05, 4.69) is 25.8 Å². The summed E-state index contributed by atoms with van der Waals surface area (Å²) in [5.41, 5.74) is 9.57. The molecule has 10 nitrogen and oxygen atoms in total. The van der Waals surface area contributed by atoms with Gasteiger partial charge in [0.1, 0.15) is 30.1 Å². The Morgan fingerprint density at radius 3 is 2.83 bits per heavy atom. The number of rotatable bonds is 5. The van der Waals surface area contributed by atoms with Crippen molar-refractivity contribution in [2.75, 3.05) is 38.5 Å². The summed E-state index contributed by atoms with van der Waals surface area (Å²) in [5.74, 6) is 1.07. The van der Waals surface area contributed by atoms with E-state index in [9.17, 15) is 10.4 Å². The van der Waals surface area contributed by atoms with Crippen molar-refractivity contribution >= 4 is 28.5 Å². The standard InChI is InChI=1S/C24H29ClN8O2/c1-13-8-32(16-9-31(10-16)4-5-34)11-19-18(7-26)20(25)6-17(22(19)35-13)15(3)33-24-21(14(2)30-33)23(27)28-12-29-24/h6,12-13,15-16,34H,4-5,8-11H2,1-3H3,(H2,27,28,29)/t13-,15?/m1/s1. The van der Waals surface area contributed by atoms with Crippen LogP contribution in [0.4, 0.5) is 5.82 Å². The summed E-state index contributed by atoms with van der Waals surface area (Å²) in [5, 5.41) is 25.0. The third-order valence-electron chi connectivity index (χ3n) is 7.02. The number of nitrogen functional groups attached to an aromatic ring is 1. The maximum atomic E-state index is 9.97. The van der Waals surface area contributed by atoms with Crippen LogP contribution in [0, 0.1) is 18.3 Å². The molecule has 1 fully saturated rings. The molecule has 0 radical (unpaired) electrons. The third kappa shape index (κ3) is 4.08. The van der Waals surface area contributed by atoms with Crippen LogP contribution in [0.2, 0.25) is 5.02 Å². The molecule has 0 amide bonds. The van der Waals surface area contributed by atoms with E-state index >= 15 is 0 Å². The van der Waals surface area contributed by atoms with Crippen LogP contribution >= 0.6 is 11.6 Å². The van der Waals surface area contributed by atoms with Crippen molar-refractivity contribution in [1.29, 1.82) is 5.26 Å². The van der Waals surface area contributed by atoms with Crippen LogP contribution in [0.3, 0.4) is 0 Å². The van der Waals surface area contributed by atoms with Gasteiger partial charge in [-0.25, -0.2) is 14.6 Å².